The highest BCUT2D eigenvalue weighted by Gasteiger charge is 2.58. The van der Waals surface area contributed by atoms with Gasteiger partial charge in [0.25, 0.3) is 5.91 Å². The third-order valence-electron chi connectivity index (χ3n) is 7.12. The fourth-order valence-corrected chi connectivity index (χ4v) is 5.86. The molecule has 2 aromatic heterocycles. The number of imide groups is 1. The molecule has 2 fully saturated rings. The van der Waals surface area contributed by atoms with Crippen LogP contribution in [0.5, 0.6) is 0 Å². The summed E-state index contributed by atoms with van der Waals surface area (Å²) in [6.07, 6.45) is 5.26. The molecular formula is C25H32N4O3S. The first-order chi connectivity index (χ1) is 16.0. The van der Waals surface area contributed by atoms with E-state index >= 15 is 0 Å². The standard InChI is InChI=1S/C25H32N4O3S/c1-3-18(4-2)22(30)28-14-10-19(11-15-28)25(21-9-5-6-13-26-21)23(31)29(24(32)27-25)16-12-20-8-7-17-33-20/h5-9,13,17-19H,3-4,10-12,14-16H2,1-2H3,(H,27,32). The second-order valence-electron chi connectivity index (χ2n) is 8.85. The molecule has 4 heterocycles. The predicted octanol–water partition coefficient (Wildman–Crippen LogP) is 3.81. The normalized spacial score (nSPS) is 21.7. The van der Waals surface area contributed by atoms with Gasteiger partial charge < -0.3 is 10.2 Å². The zero-order valence-corrected chi connectivity index (χ0v) is 20.1. The minimum absolute atomic E-state index is 0.0480. The summed E-state index contributed by atoms with van der Waals surface area (Å²) in [5.74, 6) is -0.106. The maximum atomic E-state index is 13.8. The molecule has 0 bridgehead atoms. The number of piperidine rings is 1. The van der Waals surface area contributed by atoms with E-state index in [9.17, 15) is 14.4 Å². The van der Waals surface area contributed by atoms with E-state index in [2.05, 4.69) is 10.3 Å². The van der Waals surface area contributed by atoms with Gasteiger partial charge in [-0.1, -0.05) is 26.0 Å². The summed E-state index contributed by atoms with van der Waals surface area (Å²) >= 11 is 1.62. The number of hydrogen-bond acceptors (Lipinski definition) is 5. The van der Waals surface area contributed by atoms with Crippen LogP contribution in [0.2, 0.25) is 0 Å². The van der Waals surface area contributed by atoms with Crippen LogP contribution in [0.4, 0.5) is 4.79 Å². The zero-order chi connectivity index (χ0) is 23.4. The molecule has 176 valence electrons. The molecule has 33 heavy (non-hydrogen) atoms. The first-order valence-corrected chi connectivity index (χ1v) is 12.8. The third-order valence-corrected chi connectivity index (χ3v) is 8.05. The Kier molecular flexibility index (Phi) is 7.12. The minimum atomic E-state index is -1.18. The molecule has 0 radical (unpaired) electrons. The molecule has 0 spiro atoms. The molecule has 2 aromatic rings. The summed E-state index contributed by atoms with van der Waals surface area (Å²) in [4.78, 5) is 48.6. The zero-order valence-electron chi connectivity index (χ0n) is 19.3. The molecule has 2 aliphatic rings. The van der Waals surface area contributed by atoms with Gasteiger partial charge in [-0.2, -0.15) is 0 Å². The summed E-state index contributed by atoms with van der Waals surface area (Å²) in [6.45, 7) is 5.62. The Morgan fingerprint density at radius 2 is 1.94 bits per heavy atom. The summed E-state index contributed by atoms with van der Waals surface area (Å²) in [5, 5.41) is 5.04. The van der Waals surface area contributed by atoms with Gasteiger partial charge >= 0.3 is 6.03 Å². The van der Waals surface area contributed by atoms with Crippen molar-refractivity contribution < 1.29 is 14.4 Å². The molecule has 0 aromatic carbocycles. The highest BCUT2D eigenvalue weighted by Crippen LogP contribution is 2.41. The van der Waals surface area contributed by atoms with Crippen LogP contribution < -0.4 is 5.32 Å². The van der Waals surface area contributed by atoms with Crippen LogP contribution in [0.25, 0.3) is 0 Å². The Labute approximate surface area is 199 Å². The molecule has 4 amide bonds. The average Bonchev–Trinajstić information content (AvgIpc) is 3.45. The number of hydrogen-bond donors (Lipinski definition) is 1. The monoisotopic (exact) mass is 468 g/mol. The molecule has 0 saturated carbocycles. The highest BCUT2D eigenvalue weighted by molar-refractivity contribution is 7.09. The lowest BCUT2D eigenvalue weighted by Crippen LogP contribution is -2.55. The molecule has 7 nitrogen and oxygen atoms in total. The molecule has 1 unspecified atom stereocenters. The first-order valence-electron chi connectivity index (χ1n) is 11.9. The number of nitrogens with one attached hydrogen (secondary N) is 1. The van der Waals surface area contributed by atoms with Crippen LogP contribution in [0.3, 0.4) is 0 Å². The Morgan fingerprint density at radius 1 is 1.18 bits per heavy atom. The molecule has 1 N–H and O–H groups in total. The van der Waals surface area contributed by atoms with Crippen molar-refractivity contribution in [2.75, 3.05) is 19.6 Å². The quantitative estimate of drug-likeness (QED) is 0.598. The van der Waals surface area contributed by atoms with Crippen molar-refractivity contribution in [1.29, 1.82) is 0 Å². The fraction of sp³-hybridized carbons (Fsp3) is 0.520. The van der Waals surface area contributed by atoms with Gasteiger partial charge in [-0.3, -0.25) is 19.5 Å². The van der Waals surface area contributed by atoms with Crippen molar-refractivity contribution in [1.82, 2.24) is 20.1 Å². The number of amides is 4. The van der Waals surface area contributed by atoms with Gasteiger partial charge in [0.05, 0.1) is 5.69 Å². The van der Waals surface area contributed by atoms with E-state index in [1.54, 1.807) is 17.5 Å². The number of aromatic nitrogens is 1. The Balaban J connectivity index is 1.56. The SMILES string of the molecule is CCC(CC)C(=O)N1CCC(C2(c3ccccn3)NC(=O)N(CCc3cccs3)C2=O)CC1. The molecule has 2 aliphatic heterocycles. The number of urea groups is 1. The second kappa shape index (κ2) is 10.0. The van der Waals surface area contributed by atoms with Crippen molar-refractivity contribution in [2.45, 2.75) is 51.5 Å². The highest BCUT2D eigenvalue weighted by atomic mass is 32.1. The van der Waals surface area contributed by atoms with Crippen molar-refractivity contribution >= 4 is 29.2 Å². The molecular weight excluding hydrogens is 436 g/mol. The molecule has 1 atom stereocenters. The van der Waals surface area contributed by atoms with Crippen LogP contribution in [0.15, 0.2) is 41.9 Å². The maximum Gasteiger partial charge on any atom is 0.325 e. The van der Waals surface area contributed by atoms with E-state index in [0.29, 0.717) is 44.6 Å². The number of thiophene rings is 1. The Hall–Kier alpha value is -2.74. The van der Waals surface area contributed by atoms with Crippen LogP contribution >= 0.6 is 11.3 Å². The Morgan fingerprint density at radius 3 is 2.55 bits per heavy atom. The second-order valence-corrected chi connectivity index (χ2v) is 9.88. The lowest BCUT2D eigenvalue weighted by atomic mass is 9.75. The fourth-order valence-electron chi connectivity index (χ4n) is 5.16. The van der Waals surface area contributed by atoms with Crippen LogP contribution in [-0.2, 0) is 21.5 Å². The van der Waals surface area contributed by atoms with Gasteiger partial charge in [-0.25, -0.2) is 4.79 Å². The first kappa shape index (κ1) is 23.4. The molecule has 0 aliphatic carbocycles. The molecule has 8 heteroatoms. The van der Waals surface area contributed by atoms with Gasteiger partial charge in [0, 0.05) is 42.5 Å². The molecule has 2 saturated heterocycles. The van der Waals surface area contributed by atoms with E-state index in [1.165, 1.54) is 4.90 Å². The van der Waals surface area contributed by atoms with Crippen LogP contribution in [-0.4, -0.2) is 52.3 Å². The molecule has 4 rings (SSSR count). The minimum Gasteiger partial charge on any atom is -0.342 e. The number of rotatable bonds is 8. The van der Waals surface area contributed by atoms with Crippen LogP contribution in [0.1, 0.15) is 50.1 Å². The number of carbonyl (C=O) groups excluding carboxylic acids is 3. The van der Waals surface area contributed by atoms with E-state index in [1.807, 2.05) is 54.5 Å². The maximum absolute atomic E-state index is 13.8. The van der Waals surface area contributed by atoms with Crippen molar-refractivity contribution in [2.24, 2.45) is 11.8 Å². The van der Waals surface area contributed by atoms with E-state index in [0.717, 1.165) is 17.7 Å². The number of pyridine rings is 1. The number of nitrogens with zero attached hydrogens (tertiary/aromatic N) is 3. The summed E-state index contributed by atoms with van der Waals surface area (Å²) in [7, 11) is 0. The third kappa shape index (κ3) is 4.40. The van der Waals surface area contributed by atoms with Gasteiger partial charge in [0.15, 0.2) is 5.54 Å². The summed E-state index contributed by atoms with van der Waals surface area (Å²) in [5.41, 5.74) is -0.607. The van der Waals surface area contributed by atoms with Crippen LogP contribution in [0, 0.1) is 11.8 Å². The van der Waals surface area contributed by atoms with E-state index in [4.69, 9.17) is 0 Å². The van der Waals surface area contributed by atoms with Gasteiger partial charge in [-0.15, -0.1) is 11.3 Å². The van der Waals surface area contributed by atoms with Gasteiger partial charge in [0.1, 0.15) is 0 Å². The van der Waals surface area contributed by atoms with Crippen molar-refractivity contribution in [3.63, 3.8) is 0 Å². The number of carbonyl (C=O) groups is 3. The average molecular weight is 469 g/mol. The van der Waals surface area contributed by atoms with Crippen molar-refractivity contribution in [3.8, 4) is 0 Å². The van der Waals surface area contributed by atoms with Crippen molar-refractivity contribution in [3.05, 3.63) is 52.5 Å². The van der Waals surface area contributed by atoms with Gasteiger partial charge in [-0.05, 0) is 55.7 Å². The Bertz CT molecular complexity index is 969. The summed E-state index contributed by atoms with van der Waals surface area (Å²) < 4.78 is 0. The topological polar surface area (TPSA) is 82.6 Å². The van der Waals surface area contributed by atoms with E-state index < -0.39 is 5.54 Å². The number of likely N-dealkylation sites (tertiary alicyclic amines) is 1. The lowest BCUT2D eigenvalue weighted by Gasteiger charge is -2.41. The summed E-state index contributed by atoms with van der Waals surface area (Å²) in [6, 6.07) is 9.11. The predicted molar refractivity (Wildman–Crippen MR) is 128 cm³/mol. The largest absolute Gasteiger partial charge is 0.342 e. The smallest absolute Gasteiger partial charge is 0.325 e. The van der Waals surface area contributed by atoms with E-state index in [-0.39, 0.29) is 29.7 Å². The van der Waals surface area contributed by atoms with Gasteiger partial charge in [0.2, 0.25) is 5.91 Å². The lowest BCUT2D eigenvalue weighted by molar-refractivity contribution is -0.139.